The SMILES string of the molecule is CC(C)N(CCO)C(=O)c1nc(Cc2cscc2-c2ccccc2)[nH]c(=O)c1OCc1ccccc1.CC(C)N(CCO[Si](C)(C)C(C)(C)C)C(=O)c1nc(Cc2cscc2-c2ccccc2)[nH]c(=O)c1OCc1ccccc1.CC(C)N1CCn2c(Cc3cscc3-c3ccccc3)nc(=O)c(O)c2C1=O.CC(C)N1CCn2c(Cc3cscc3-c3ccccc3)nc(=O)c(OCc3ccccc3)c2C1=O. The van der Waals surface area contributed by atoms with Gasteiger partial charge in [0.2, 0.25) is 23.0 Å². The second-order valence-corrected chi connectivity index (χ2v) is 44.9. The average Bonchev–Trinajstić information content (AvgIpc) is 0.865. The second-order valence-electron chi connectivity index (χ2n) is 37.2. The zero-order chi connectivity index (χ0) is 101. The zero-order valence-electron chi connectivity index (χ0n) is 82.1. The van der Waals surface area contributed by atoms with Crippen molar-refractivity contribution in [1.82, 2.24) is 58.6 Å². The number of carbonyl (C=O) groups is 4. The largest absolute Gasteiger partial charge is 0.501 e. The van der Waals surface area contributed by atoms with Gasteiger partial charge < -0.3 is 67.6 Å². The molecule has 31 heteroatoms. The fourth-order valence-electron chi connectivity index (χ4n) is 16.5. The number of benzene rings is 7. The first-order chi connectivity index (χ1) is 68.3. The first-order valence-electron chi connectivity index (χ1n) is 47.5. The van der Waals surface area contributed by atoms with E-state index in [4.69, 9.17) is 23.6 Å². The van der Waals surface area contributed by atoms with Gasteiger partial charge in [-0.15, -0.1) is 0 Å². The van der Waals surface area contributed by atoms with Gasteiger partial charge in [-0.25, -0.2) is 9.97 Å². The van der Waals surface area contributed by atoms with Gasteiger partial charge in [-0.1, -0.05) is 233 Å². The number of nitrogens with one attached hydrogen (secondary N) is 2. The number of hydrogen-bond donors (Lipinski definition) is 4. The van der Waals surface area contributed by atoms with Gasteiger partial charge >= 0.3 is 11.1 Å². The lowest BCUT2D eigenvalue weighted by atomic mass is 10.0. The number of ether oxygens (including phenoxy) is 3. The van der Waals surface area contributed by atoms with Gasteiger partial charge in [0, 0.05) is 89.1 Å². The number of aromatic amines is 2. The minimum absolute atomic E-state index is 0.00563. The number of aromatic hydroxyl groups is 1. The summed E-state index contributed by atoms with van der Waals surface area (Å²) in [5.41, 5.74) is 13.6. The molecule has 2 aliphatic rings. The summed E-state index contributed by atoms with van der Waals surface area (Å²) in [6.45, 7) is 29.7. The Bertz CT molecular complexity index is 7060. The van der Waals surface area contributed by atoms with E-state index in [1.165, 1.54) is 4.90 Å². The molecule has 4 N–H and O–H groups in total. The fourth-order valence-corrected chi connectivity index (χ4v) is 21.0. The number of aromatic nitrogens is 8. The molecular weight excluding hydrogens is 1880 g/mol. The molecular formula is C111H120N12O14S4Si. The number of carbonyl (C=O) groups excluding carboxylic acids is 4. The van der Waals surface area contributed by atoms with Crippen LogP contribution in [0.3, 0.4) is 0 Å². The molecule has 0 saturated carbocycles. The highest BCUT2D eigenvalue weighted by atomic mass is 32.1. The number of nitrogens with zero attached hydrogens (tertiary/aromatic N) is 10. The number of hydrogen-bond acceptors (Lipinski definition) is 22. The molecule has 10 heterocycles. The lowest BCUT2D eigenvalue weighted by molar-refractivity contribution is 0.0627. The Hall–Kier alpha value is -13.9. The summed E-state index contributed by atoms with van der Waals surface area (Å²) >= 11 is 6.38. The van der Waals surface area contributed by atoms with Gasteiger partial charge in [-0.2, -0.15) is 55.3 Å². The Labute approximate surface area is 843 Å². The van der Waals surface area contributed by atoms with Gasteiger partial charge in [0.05, 0.1) is 13.2 Å². The molecule has 142 heavy (non-hydrogen) atoms. The van der Waals surface area contributed by atoms with Crippen molar-refractivity contribution in [1.29, 1.82) is 0 Å². The molecule has 0 atom stereocenters. The van der Waals surface area contributed by atoms with Crippen molar-refractivity contribution < 1.29 is 48.0 Å². The molecule has 26 nitrogen and oxygen atoms in total. The second kappa shape index (κ2) is 48.0. The minimum Gasteiger partial charge on any atom is -0.501 e. The monoisotopic (exact) mass is 2000 g/mol. The molecule has 0 fully saturated rings. The molecule has 15 aromatic rings. The third-order valence-corrected chi connectivity index (χ3v) is 32.8. The van der Waals surface area contributed by atoms with Crippen LogP contribution in [0.5, 0.6) is 23.0 Å². The quantitative estimate of drug-likeness (QED) is 0.0278. The average molecular weight is 2000 g/mol. The van der Waals surface area contributed by atoms with E-state index in [1.54, 1.807) is 64.6 Å². The highest BCUT2D eigenvalue weighted by Crippen LogP contribution is 2.39. The molecule has 8 aromatic heterocycles. The van der Waals surface area contributed by atoms with Crippen LogP contribution in [0.4, 0.5) is 0 Å². The van der Waals surface area contributed by atoms with E-state index in [2.05, 4.69) is 115 Å². The van der Waals surface area contributed by atoms with Gasteiger partial charge in [-0.05, 0) is 200 Å². The molecule has 0 radical (unpaired) electrons. The number of thiophene rings is 4. The van der Waals surface area contributed by atoms with Crippen molar-refractivity contribution >= 4 is 77.3 Å². The lowest BCUT2D eigenvalue weighted by Crippen LogP contribution is -2.46. The van der Waals surface area contributed by atoms with Gasteiger partial charge in [0.1, 0.15) is 43.1 Å². The molecule has 17 rings (SSSR count). The number of rotatable bonds is 33. The Morgan fingerprint density at radius 2 is 0.732 bits per heavy atom. The number of H-pyrrole nitrogens is 2. The molecule has 4 amide bonds. The molecule has 0 aliphatic carbocycles. The smallest absolute Gasteiger partial charge is 0.316 e. The Balaban J connectivity index is 0.000000152. The van der Waals surface area contributed by atoms with Crippen molar-refractivity contribution in [3.05, 3.63) is 382 Å². The molecule has 0 saturated heterocycles. The third-order valence-electron chi connectivity index (χ3n) is 25.1. The van der Waals surface area contributed by atoms with Crippen molar-refractivity contribution in [2.75, 3.05) is 39.4 Å². The topological polar surface area (TPSA) is 320 Å². The van der Waals surface area contributed by atoms with Crippen LogP contribution in [0.2, 0.25) is 18.1 Å². The van der Waals surface area contributed by atoms with Crippen LogP contribution in [0.15, 0.2) is 275 Å². The standard InChI is InChI=1S/C34H43N3O4SSi.C28H29N3O4S.C28H27N3O3S.C21H21N3O3S/c1-24(2)37(18-19-41-43(6,7)34(3,4)5)33(39)30-31(40-21-25-14-10-8-11-15-25)32(38)36-29(35-30)20-27-22-42-23-28(27)26-16-12-9-13-17-26;1-19(2)31(13-14-32)28(34)25-26(35-16-20-9-5-3-6-10-20)27(33)30-24(29-25)15-22-17-36-18-23(22)21-11-7-4-8-12-21;1-19(2)30-13-14-31-24(15-22-17-35-18-23(22)21-11-7-4-8-12-21)29-27(32)26(25(31)28(30)33)34-16-20-9-5-3-6-10-20;1-13(2)23-8-9-24-17(22-20(26)19(25)18(24)21(23)27)10-15-11-28-12-16(15)14-6-4-3-5-7-14/h8-17,22-24H,18-21H2,1-7H3,(H,35,36,38);3-12,17-19,32H,13-16H2,1-2H3,(H,29,30,33);3-12,17-19H,13-16H2,1-2H3;3-7,11-13,25H,8-10H2,1-2H3. The van der Waals surface area contributed by atoms with E-state index in [0.717, 1.165) is 83.5 Å². The Kier molecular flexibility index (Phi) is 35.1. The number of fused-ring (bicyclic) bond motifs is 2. The molecule has 2 aliphatic heterocycles. The molecule has 0 spiro atoms. The van der Waals surface area contributed by atoms with E-state index in [9.17, 15) is 48.6 Å². The highest BCUT2D eigenvalue weighted by molar-refractivity contribution is 7.09. The summed E-state index contributed by atoms with van der Waals surface area (Å²) in [7, 11) is -2.00. The number of aliphatic hydroxyl groups is 1. The summed E-state index contributed by atoms with van der Waals surface area (Å²) in [5.74, 6) is -0.163. The normalized spacial score (nSPS) is 12.4. The summed E-state index contributed by atoms with van der Waals surface area (Å²) in [5, 5.41) is 36.4. The molecule has 0 unspecified atom stereocenters. The summed E-state index contributed by atoms with van der Waals surface area (Å²) < 4.78 is 27.8. The van der Waals surface area contributed by atoms with Gasteiger partial charge in [0.25, 0.3) is 34.7 Å². The van der Waals surface area contributed by atoms with E-state index in [-0.39, 0.29) is 114 Å². The third kappa shape index (κ3) is 25.5. The van der Waals surface area contributed by atoms with Crippen molar-refractivity contribution in [2.24, 2.45) is 0 Å². The van der Waals surface area contributed by atoms with Crippen molar-refractivity contribution in [2.45, 2.75) is 177 Å². The van der Waals surface area contributed by atoms with Crippen LogP contribution in [0, 0.1) is 0 Å². The van der Waals surface area contributed by atoms with Crippen molar-refractivity contribution in [3.63, 3.8) is 0 Å². The number of aliphatic hydroxyl groups excluding tert-OH is 1. The lowest BCUT2D eigenvalue weighted by Gasteiger charge is -2.37. The van der Waals surface area contributed by atoms with E-state index in [1.807, 2.05) is 259 Å². The Morgan fingerprint density at radius 3 is 1.07 bits per heavy atom. The molecule has 0 bridgehead atoms. The zero-order valence-corrected chi connectivity index (χ0v) is 86.4. The number of amides is 4. The van der Waals surface area contributed by atoms with E-state index < -0.39 is 42.2 Å². The van der Waals surface area contributed by atoms with E-state index in [0.29, 0.717) is 94.0 Å². The van der Waals surface area contributed by atoms with Crippen LogP contribution >= 0.6 is 45.3 Å². The molecule has 7 aromatic carbocycles. The van der Waals surface area contributed by atoms with Gasteiger partial charge in [0.15, 0.2) is 31.1 Å². The fraction of sp³-hybridized carbons (Fsp3) is 0.297. The maximum atomic E-state index is 14.2. The Morgan fingerprint density at radius 1 is 0.415 bits per heavy atom. The van der Waals surface area contributed by atoms with E-state index >= 15 is 0 Å². The summed E-state index contributed by atoms with van der Waals surface area (Å²) in [4.78, 5) is 137. The van der Waals surface area contributed by atoms with Gasteiger partial charge in [-0.3, -0.25) is 38.4 Å². The summed E-state index contributed by atoms with van der Waals surface area (Å²) in [6, 6.07) is 68.6. The first kappa shape index (κ1) is 104. The predicted molar refractivity (Wildman–Crippen MR) is 566 cm³/mol. The predicted octanol–water partition coefficient (Wildman–Crippen LogP) is 20.2. The van der Waals surface area contributed by atoms with Crippen molar-refractivity contribution in [3.8, 4) is 67.5 Å². The minimum atomic E-state index is -2.00. The maximum absolute atomic E-state index is 14.2. The van der Waals surface area contributed by atoms with Crippen LogP contribution in [-0.2, 0) is 63.0 Å². The van der Waals surface area contributed by atoms with Crippen LogP contribution in [-0.4, -0.2) is 164 Å². The summed E-state index contributed by atoms with van der Waals surface area (Å²) in [6.07, 6.45) is 1.61. The van der Waals surface area contributed by atoms with Crippen LogP contribution < -0.4 is 36.4 Å². The first-order valence-corrected chi connectivity index (χ1v) is 54.2. The van der Waals surface area contributed by atoms with Crippen LogP contribution in [0.25, 0.3) is 44.5 Å². The van der Waals surface area contributed by atoms with Crippen LogP contribution in [0.1, 0.15) is 180 Å². The maximum Gasteiger partial charge on any atom is 0.316 e. The highest BCUT2D eigenvalue weighted by Gasteiger charge is 2.40. The molecule has 736 valence electrons.